The first-order chi connectivity index (χ1) is 10.4. The van der Waals surface area contributed by atoms with Crippen molar-refractivity contribution in [3.8, 4) is 0 Å². The predicted octanol–water partition coefficient (Wildman–Crippen LogP) is 3.50. The van der Waals surface area contributed by atoms with E-state index in [0.717, 1.165) is 32.4 Å². The molecule has 1 aliphatic rings. The van der Waals surface area contributed by atoms with Gasteiger partial charge in [-0.05, 0) is 49.5 Å². The number of nitrogens with one attached hydrogen (secondary N) is 1. The molecule has 110 valence electrons. The lowest BCUT2D eigenvalue weighted by Crippen LogP contribution is -2.37. The van der Waals surface area contributed by atoms with E-state index >= 15 is 0 Å². The van der Waals surface area contributed by atoms with Gasteiger partial charge in [-0.3, -0.25) is 0 Å². The molecule has 0 aromatic heterocycles. The van der Waals surface area contributed by atoms with Crippen LogP contribution in [0.4, 0.5) is 0 Å². The van der Waals surface area contributed by atoms with Gasteiger partial charge < -0.3 is 10.1 Å². The van der Waals surface area contributed by atoms with Crippen molar-refractivity contribution in [3.05, 3.63) is 71.3 Å². The summed E-state index contributed by atoms with van der Waals surface area (Å²) in [4.78, 5) is 0. The van der Waals surface area contributed by atoms with E-state index in [0.29, 0.717) is 0 Å². The lowest BCUT2D eigenvalue weighted by Gasteiger charge is -2.40. The number of hydrogen-bond acceptors (Lipinski definition) is 2. The van der Waals surface area contributed by atoms with E-state index in [1.165, 1.54) is 16.7 Å². The average molecular weight is 281 g/mol. The second-order valence-electron chi connectivity index (χ2n) is 5.66. The van der Waals surface area contributed by atoms with Crippen molar-refractivity contribution in [3.63, 3.8) is 0 Å². The van der Waals surface area contributed by atoms with Crippen molar-refractivity contribution < 1.29 is 4.74 Å². The van der Waals surface area contributed by atoms with Gasteiger partial charge in [-0.1, -0.05) is 54.6 Å². The van der Waals surface area contributed by atoms with Crippen LogP contribution in [0.1, 0.15) is 29.5 Å². The number of hydrogen-bond donors (Lipinski definition) is 1. The van der Waals surface area contributed by atoms with E-state index in [-0.39, 0.29) is 5.60 Å². The standard InChI is InChI=1S/C19H23NO/c1-20-14-7-13-19(17-9-3-2-4-10-17)18-11-6-5-8-16(18)12-15-21-19/h2-6,8-11,20H,7,12-15H2,1H3. The summed E-state index contributed by atoms with van der Waals surface area (Å²) in [7, 11) is 2.00. The van der Waals surface area contributed by atoms with Gasteiger partial charge in [0.1, 0.15) is 5.60 Å². The van der Waals surface area contributed by atoms with Gasteiger partial charge in [0.25, 0.3) is 0 Å². The van der Waals surface area contributed by atoms with Gasteiger partial charge in [-0.25, -0.2) is 0 Å². The van der Waals surface area contributed by atoms with E-state index in [1.807, 2.05) is 7.05 Å². The average Bonchev–Trinajstić information content (AvgIpc) is 2.56. The highest BCUT2D eigenvalue weighted by Crippen LogP contribution is 2.42. The van der Waals surface area contributed by atoms with Crippen LogP contribution in [0.25, 0.3) is 0 Å². The van der Waals surface area contributed by atoms with Crippen LogP contribution in [-0.4, -0.2) is 20.2 Å². The van der Waals surface area contributed by atoms with Gasteiger partial charge in [0.2, 0.25) is 0 Å². The molecule has 2 aromatic carbocycles. The van der Waals surface area contributed by atoms with Crippen molar-refractivity contribution in [2.45, 2.75) is 24.9 Å². The summed E-state index contributed by atoms with van der Waals surface area (Å²) in [5.74, 6) is 0. The molecule has 21 heavy (non-hydrogen) atoms. The molecule has 0 aliphatic carbocycles. The zero-order valence-electron chi connectivity index (χ0n) is 12.6. The lowest BCUT2D eigenvalue weighted by atomic mass is 9.78. The Balaban J connectivity index is 2.05. The third-order valence-electron chi connectivity index (χ3n) is 4.37. The number of benzene rings is 2. The molecule has 1 heterocycles. The first kappa shape index (κ1) is 14.3. The Bertz CT molecular complexity index is 581. The minimum absolute atomic E-state index is 0.285. The molecule has 1 atom stereocenters. The molecule has 0 amide bonds. The van der Waals surface area contributed by atoms with Crippen molar-refractivity contribution in [2.24, 2.45) is 0 Å². The van der Waals surface area contributed by atoms with Crippen LogP contribution in [0.15, 0.2) is 54.6 Å². The van der Waals surface area contributed by atoms with Crippen molar-refractivity contribution in [2.75, 3.05) is 20.2 Å². The fourth-order valence-corrected chi connectivity index (χ4v) is 3.36. The highest BCUT2D eigenvalue weighted by atomic mass is 16.5. The Kier molecular flexibility index (Phi) is 4.37. The smallest absolute Gasteiger partial charge is 0.118 e. The molecule has 0 radical (unpaired) electrons. The minimum Gasteiger partial charge on any atom is -0.365 e. The molecule has 0 fully saturated rings. The fraction of sp³-hybridized carbons (Fsp3) is 0.368. The summed E-state index contributed by atoms with van der Waals surface area (Å²) >= 11 is 0. The lowest BCUT2D eigenvalue weighted by molar-refractivity contribution is -0.0357. The molecule has 2 heteroatoms. The molecule has 0 spiro atoms. The topological polar surface area (TPSA) is 21.3 Å². The highest BCUT2D eigenvalue weighted by Gasteiger charge is 2.38. The van der Waals surface area contributed by atoms with Crippen molar-refractivity contribution in [1.29, 1.82) is 0 Å². The van der Waals surface area contributed by atoms with Crippen LogP contribution in [-0.2, 0) is 16.8 Å². The molecular formula is C19H23NO. The molecule has 2 aromatic rings. The number of ether oxygens (including phenoxy) is 1. The van der Waals surface area contributed by atoms with Crippen LogP contribution in [0.2, 0.25) is 0 Å². The van der Waals surface area contributed by atoms with E-state index in [1.54, 1.807) is 0 Å². The van der Waals surface area contributed by atoms with Crippen LogP contribution < -0.4 is 5.32 Å². The normalized spacial score (nSPS) is 21.0. The summed E-state index contributed by atoms with van der Waals surface area (Å²) in [5, 5.41) is 3.24. The van der Waals surface area contributed by atoms with Crippen LogP contribution in [0.3, 0.4) is 0 Å². The van der Waals surface area contributed by atoms with Crippen LogP contribution in [0.5, 0.6) is 0 Å². The third-order valence-corrected chi connectivity index (χ3v) is 4.37. The summed E-state index contributed by atoms with van der Waals surface area (Å²) < 4.78 is 6.40. The number of rotatable bonds is 5. The van der Waals surface area contributed by atoms with Gasteiger partial charge in [0, 0.05) is 0 Å². The third kappa shape index (κ3) is 2.74. The number of fused-ring (bicyclic) bond motifs is 1. The van der Waals surface area contributed by atoms with Gasteiger partial charge in [0.05, 0.1) is 6.61 Å². The van der Waals surface area contributed by atoms with Crippen molar-refractivity contribution >= 4 is 0 Å². The first-order valence-corrected chi connectivity index (χ1v) is 7.79. The quantitative estimate of drug-likeness (QED) is 0.847. The van der Waals surface area contributed by atoms with E-state index in [9.17, 15) is 0 Å². The van der Waals surface area contributed by atoms with Crippen LogP contribution >= 0.6 is 0 Å². The maximum atomic E-state index is 6.40. The Morgan fingerprint density at radius 3 is 2.62 bits per heavy atom. The second kappa shape index (κ2) is 6.42. The van der Waals surface area contributed by atoms with Gasteiger partial charge >= 0.3 is 0 Å². The van der Waals surface area contributed by atoms with Gasteiger partial charge in [0.15, 0.2) is 0 Å². The van der Waals surface area contributed by atoms with Gasteiger partial charge in [-0.15, -0.1) is 0 Å². The molecule has 0 bridgehead atoms. The van der Waals surface area contributed by atoms with Crippen molar-refractivity contribution in [1.82, 2.24) is 5.32 Å². The molecule has 0 saturated carbocycles. The molecule has 0 saturated heterocycles. The Morgan fingerprint density at radius 1 is 1.05 bits per heavy atom. The van der Waals surface area contributed by atoms with E-state index < -0.39 is 0 Å². The monoisotopic (exact) mass is 281 g/mol. The van der Waals surface area contributed by atoms with Crippen LogP contribution in [0, 0.1) is 0 Å². The Morgan fingerprint density at radius 2 is 1.81 bits per heavy atom. The molecule has 1 aliphatic heterocycles. The predicted molar refractivity (Wildman–Crippen MR) is 86.5 cm³/mol. The zero-order valence-corrected chi connectivity index (χ0v) is 12.6. The maximum absolute atomic E-state index is 6.40. The molecule has 3 rings (SSSR count). The Labute approximate surface area is 127 Å². The highest BCUT2D eigenvalue weighted by molar-refractivity contribution is 5.42. The zero-order chi connectivity index (χ0) is 14.5. The fourth-order valence-electron chi connectivity index (χ4n) is 3.36. The molecule has 1 unspecified atom stereocenters. The summed E-state index contributed by atoms with van der Waals surface area (Å²) in [6.45, 7) is 1.81. The largest absolute Gasteiger partial charge is 0.365 e. The SMILES string of the molecule is CNCCCC1(c2ccccc2)OCCc2ccccc21. The van der Waals surface area contributed by atoms with E-state index in [2.05, 4.69) is 59.9 Å². The summed E-state index contributed by atoms with van der Waals surface area (Å²) in [6, 6.07) is 19.4. The Hall–Kier alpha value is -1.64. The maximum Gasteiger partial charge on any atom is 0.118 e. The van der Waals surface area contributed by atoms with E-state index in [4.69, 9.17) is 4.74 Å². The minimum atomic E-state index is -0.285. The summed E-state index contributed by atoms with van der Waals surface area (Å²) in [5.41, 5.74) is 3.76. The molecule has 1 N–H and O–H groups in total. The van der Waals surface area contributed by atoms with Gasteiger partial charge in [-0.2, -0.15) is 0 Å². The molecular weight excluding hydrogens is 258 g/mol. The molecule has 2 nitrogen and oxygen atoms in total. The second-order valence-corrected chi connectivity index (χ2v) is 5.66. The summed E-state index contributed by atoms with van der Waals surface area (Å²) in [6.07, 6.45) is 3.12. The first-order valence-electron chi connectivity index (χ1n) is 7.79.